The molecule has 0 fully saturated rings. The minimum atomic E-state index is -1.00. The molecule has 0 amide bonds. The van der Waals surface area contributed by atoms with Crippen molar-refractivity contribution in [1.82, 2.24) is 9.78 Å². The van der Waals surface area contributed by atoms with Crippen LogP contribution in [-0.4, -0.2) is 35.9 Å². The number of para-hydroxylation sites is 1. The third-order valence-electron chi connectivity index (χ3n) is 3.05. The summed E-state index contributed by atoms with van der Waals surface area (Å²) < 4.78 is 10.9. The summed E-state index contributed by atoms with van der Waals surface area (Å²) in [5.74, 6) is -2.26. The fourth-order valence-corrected chi connectivity index (χ4v) is 1.95. The lowest BCUT2D eigenvalue weighted by molar-refractivity contribution is -0.158. The third-order valence-corrected chi connectivity index (χ3v) is 3.05. The number of hydrogen-bond acceptors (Lipinski definition) is 5. The highest BCUT2D eigenvalue weighted by atomic mass is 16.5. The Morgan fingerprint density at radius 3 is 2.29 bits per heavy atom. The largest absolute Gasteiger partial charge is 0.468 e. The molecule has 0 saturated heterocycles. The first-order valence-electron chi connectivity index (χ1n) is 6.41. The van der Waals surface area contributed by atoms with Gasteiger partial charge in [-0.25, -0.2) is 4.68 Å². The molecule has 0 atom stereocenters. The molecule has 2 aromatic rings. The SMILES string of the molecule is COC(=O)C(Cc1ccn(-c2ccccc2)n1)C(=O)OC. The van der Waals surface area contributed by atoms with Crippen molar-refractivity contribution in [2.24, 2.45) is 5.92 Å². The molecular weight excluding hydrogens is 272 g/mol. The maximum atomic E-state index is 11.6. The van der Waals surface area contributed by atoms with Crippen LogP contribution in [-0.2, 0) is 25.5 Å². The predicted octanol–water partition coefficient (Wildman–Crippen LogP) is 1.38. The van der Waals surface area contributed by atoms with Crippen LogP contribution in [0.4, 0.5) is 0 Å². The fraction of sp³-hybridized carbons (Fsp3) is 0.267. The first kappa shape index (κ1) is 14.8. The van der Waals surface area contributed by atoms with E-state index in [-0.39, 0.29) is 6.42 Å². The Morgan fingerprint density at radius 2 is 1.71 bits per heavy atom. The zero-order chi connectivity index (χ0) is 15.2. The molecule has 0 aliphatic rings. The summed E-state index contributed by atoms with van der Waals surface area (Å²) in [6.45, 7) is 0. The number of hydrogen-bond donors (Lipinski definition) is 0. The topological polar surface area (TPSA) is 70.4 Å². The van der Waals surface area contributed by atoms with Crippen LogP contribution in [0.1, 0.15) is 5.69 Å². The van der Waals surface area contributed by atoms with Crippen molar-refractivity contribution >= 4 is 11.9 Å². The van der Waals surface area contributed by atoms with Gasteiger partial charge in [-0.1, -0.05) is 18.2 Å². The number of benzene rings is 1. The summed E-state index contributed by atoms with van der Waals surface area (Å²) in [7, 11) is 2.47. The predicted molar refractivity (Wildman–Crippen MR) is 74.8 cm³/mol. The van der Waals surface area contributed by atoms with Gasteiger partial charge in [-0.2, -0.15) is 5.10 Å². The molecule has 6 nitrogen and oxygen atoms in total. The molecule has 0 aliphatic carbocycles. The Bertz CT molecular complexity index is 606. The van der Waals surface area contributed by atoms with E-state index in [0.29, 0.717) is 5.69 Å². The molecule has 0 spiro atoms. The van der Waals surface area contributed by atoms with Gasteiger partial charge in [-0.05, 0) is 18.2 Å². The van der Waals surface area contributed by atoms with Crippen molar-refractivity contribution in [3.8, 4) is 5.69 Å². The fourth-order valence-electron chi connectivity index (χ4n) is 1.95. The number of aromatic nitrogens is 2. The van der Waals surface area contributed by atoms with Crippen LogP contribution in [0.3, 0.4) is 0 Å². The summed E-state index contributed by atoms with van der Waals surface area (Å²) in [6.07, 6.45) is 1.91. The lowest BCUT2D eigenvalue weighted by atomic mass is 10.0. The molecule has 0 saturated carbocycles. The molecular formula is C15H16N2O4. The Morgan fingerprint density at radius 1 is 1.10 bits per heavy atom. The van der Waals surface area contributed by atoms with Crippen LogP contribution in [0.2, 0.25) is 0 Å². The van der Waals surface area contributed by atoms with Crippen molar-refractivity contribution in [2.75, 3.05) is 14.2 Å². The van der Waals surface area contributed by atoms with Gasteiger partial charge in [0.05, 0.1) is 25.6 Å². The molecule has 0 radical (unpaired) electrons. The van der Waals surface area contributed by atoms with Gasteiger partial charge in [-0.15, -0.1) is 0 Å². The van der Waals surface area contributed by atoms with Gasteiger partial charge >= 0.3 is 11.9 Å². The summed E-state index contributed by atoms with van der Waals surface area (Å²) in [5.41, 5.74) is 1.51. The molecule has 1 aromatic heterocycles. The van der Waals surface area contributed by atoms with Crippen LogP contribution < -0.4 is 0 Å². The number of ether oxygens (including phenoxy) is 2. The maximum Gasteiger partial charge on any atom is 0.320 e. The summed E-state index contributed by atoms with van der Waals surface area (Å²) >= 11 is 0. The normalized spacial score (nSPS) is 10.4. The molecule has 0 unspecified atom stereocenters. The van der Waals surface area contributed by atoms with Crippen LogP contribution in [0.15, 0.2) is 42.6 Å². The number of nitrogens with zero attached hydrogens (tertiary/aromatic N) is 2. The van der Waals surface area contributed by atoms with E-state index in [0.717, 1.165) is 5.69 Å². The lowest BCUT2D eigenvalue weighted by Gasteiger charge is -2.10. The second-order valence-electron chi connectivity index (χ2n) is 4.39. The van der Waals surface area contributed by atoms with Gasteiger partial charge in [0, 0.05) is 12.6 Å². The van der Waals surface area contributed by atoms with E-state index >= 15 is 0 Å². The average Bonchev–Trinajstić information content (AvgIpc) is 3.00. The van der Waals surface area contributed by atoms with Crippen LogP contribution in [0, 0.1) is 5.92 Å². The van der Waals surface area contributed by atoms with Gasteiger partial charge in [-0.3, -0.25) is 9.59 Å². The molecule has 0 N–H and O–H groups in total. The quantitative estimate of drug-likeness (QED) is 0.614. The van der Waals surface area contributed by atoms with Gasteiger partial charge in [0.25, 0.3) is 0 Å². The van der Waals surface area contributed by atoms with E-state index in [4.69, 9.17) is 0 Å². The highest BCUT2D eigenvalue weighted by Gasteiger charge is 2.29. The van der Waals surface area contributed by atoms with E-state index < -0.39 is 17.9 Å². The zero-order valence-corrected chi connectivity index (χ0v) is 11.9. The molecule has 0 bridgehead atoms. The van der Waals surface area contributed by atoms with Crippen molar-refractivity contribution < 1.29 is 19.1 Å². The van der Waals surface area contributed by atoms with Crippen molar-refractivity contribution in [3.05, 3.63) is 48.3 Å². The van der Waals surface area contributed by atoms with Gasteiger partial charge in [0.2, 0.25) is 0 Å². The first-order chi connectivity index (χ1) is 10.2. The Balaban J connectivity index is 2.17. The molecule has 110 valence electrons. The average molecular weight is 288 g/mol. The van der Waals surface area contributed by atoms with Gasteiger partial charge in [0.1, 0.15) is 0 Å². The number of esters is 2. The number of methoxy groups -OCH3 is 2. The Hall–Kier alpha value is -2.63. The van der Waals surface area contributed by atoms with Gasteiger partial charge in [0.15, 0.2) is 5.92 Å². The third kappa shape index (κ3) is 3.47. The highest BCUT2D eigenvalue weighted by molar-refractivity contribution is 5.95. The monoisotopic (exact) mass is 288 g/mol. The Kier molecular flexibility index (Phi) is 4.71. The Labute approximate surface area is 122 Å². The van der Waals surface area contributed by atoms with Crippen LogP contribution >= 0.6 is 0 Å². The molecule has 2 rings (SSSR count). The molecule has 1 aromatic carbocycles. The number of carbonyl (C=O) groups is 2. The number of carbonyl (C=O) groups excluding carboxylic acids is 2. The van der Waals surface area contributed by atoms with Crippen LogP contribution in [0.5, 0.6) is 0 Å². The van der Waals surface area contributed by atoms with Crippen molar-refractivity contribution in [1.29, 1.82) is 0 Å². The van der Waals surface area contributed by atoms with Crippen molar-refractivity contribution in [3.63, 3.8) is 0 Å². The molecule has 1 heterocycles. The van der Waals surface area contributed by atoms with E-state index in [1.807, 2.05) is 30.3 Å². The number of rotatable bonds is 5. The molecule has 0 aliphatic heterocycles. The summed E-state index contributed by atoms with van der Waals surface area (Å²) in [6, 6.07) is 11.3. The molecule has 21 heavy (non-hydrogen) atoms. The summed E-state index contributed by atoms with van der Waals surface area (Å²) in [5, 5.41) is 4.35. The van der Waals surface area contributed by atoms with E-state index in [2.05, 4.69) is 14.6 Å². The van der Waals surface area contributed by atoms with Crippen LogP contribution in [0.25, 0.3) is 5.69 Å². The van der Waals surface area contributed by atoms with Crippen molar-refractivity contribution in [2.45, 2.75) is 6.42 Å². The minimum Gasteiger partial charge on any atom is -0.468 e. The zero-order valence-electron chi connectivity index (χ0n) is 11.9. The lowest BCUT2D eigenvalue weighted by Crippen LogP contribution is -2.28. The smallest absolute Gasteiger partial charge is 0.320 e. The first-order valence-corrected chi connectivity index (χ1v) is 6.41. The van der Waals surface area contributed by atoms with E-state index in [1.165, 1.54) is 14.2 Å². The second-order valence-corrected chi connectivity index (χ2v) is 4.39. The van der Waals surface area contributed by atoms with E-state index in [9.17, 15) is 9.59 Å². The van der Waals surface area contributed by atoms with Gasteiger partial charge < -0.3 is 9.47 Å². The molecule has 6 heteroatoms. The maximum absolute atomic E-state index is 11.6. The highest BCUT2D eigenvalue weighted by Crippen LogP contribution is 2.13. The van der Waals surface area contributed by atoms with E-state index in [1.54, 1.807) is 16.9 Å². The summed E-state index contributed by atoms with van der Waals surface area (Å²) in [4.78, 5) is 23.3. The minimum absolute atomic E-state index is 0.138. The standard InChI is InChI=1S/C15H16N2O4/c1-20-14(18)13(15(19)21-2)10-11-8-9-17(16-11)12-6-4-3-5-7-12/h3-9,13H,10H2,1-2H3. The second kappa shape index (κ2) is 6.69.